The molecule has 0 N–H and O–H groups in total. The molecule has 0 bridgehead atoms. The highest BCUT2D eigenvalue weighted by atomic mass is 16.3. The molecule has 1 aromatic heterocycles. The summed E-state index contributed by atoms with van der Waals surface area (Å²) in [5, 5.41) is 4.33. The molecule has 0 aliphatic heterocycles. The molecule has 288 valence electrons. The van der Waals surface area contributed by atoms with E-state index >= 15 is 0 Å². The minimum absolute atomic E-state index is 0.822. The first-order valence-corrected chi connectivity index (χ1v) is 20.8. The van der Waals surface area contributed by atoms with E-state index in [4.69, 9.17) is 4.42 Å². The Morgan fingerprint density at radius 1 is 0.295 bits per heavy atom. The van der Waals surface area contributed by atoms with Crippen LogP contribution in [0.3, 0.4) is 0 Å². The van der Waals surface area contributed by atoms with Crippen molar-refractivity contribution in [3.63, 3.8) is 0 Å². The number of benzene rings is 10. The first-order chi connectivity index (χ1) is 30.3. The predicted octanol–water partition coefficient (Wildman–Crippen LogP) is 16.7. The van der Waals surface area contributed by atoms with Crippen molar-refractivity contribution in [1.82, 2.24) is 0 Å². The maximum atomic E-state index is 6.96. The number of furan rings is 1. The minimum atomic E-state index is 0.822. The summed E-state index contributed by atoms with van der Waals surface area (Å²) in [7, 11) is 0. The van der Waals surface area contributed by atoms with Gasteiger partial charge in [-0.05, 0) is 105 Å². The lowest BCUT2D eigenvalue weighted by Gasteiger charge is -2.34. The lowest BCUT2D eigenvalue weighted by molar-refractivity contribution is 0.672. The van der Waals surface area contributed by atoms with E-state index < -0.39 is 0 Å². The van der Waals surface area contributed by atoms with Crippen molar-refractivity contribution >= 4 is 66.8 Å². The molecule has 0 spiro atoms. The fraction of sp³-hybridized carbons (Fsp3) is 0. The summed E-state index contributed by atoms with van der Waals surface area (Å²) in [5.41, 5.74) is 14.9. The fourth-order valence-corrected chi connectivity index (χ4v) is 8.71. The third-order valence-corrected chi connectivity index (χ3v) is 11.6. The van der Waals surface area contributed by atoms with E-state index in [0.717, 1.165) is 83.5 Å². The molecule has 0 aliphatic rings. The van der Waals surface area contributed by atoms with E-state index in [9.17, 15) is 0 Å². The number of hydrogen-bond donors (Lipinski definition) is 0. The molecule has 61 heavy (non-hydrogen) atoms. The second kappa shape index (κ2) is 15.6. The van der Waals surface area contributed by atoms with Crippen molar-refractivity contribution in [3.8, 4) is 33.4 Å². The van der Waals surface area contributed by atoms with Gasteiger partial charge in [-0.3, -0.25) is 0 Å². The molecule has 11 rings (SSSR count). The molecule has 0 fully saturated rings. The van der Waals surface area contributed by atoms with Gasteiger partial charge in [0.2, 0.25) is 0 Å². The van der Waals surface area contributed by atoms with E-state index in [1.54, 1.807) is 0 Å². The lowest BCUT2D eigenvalue weighted by atomic mass is 10.00. The van der Waals surface area contributed by atoms with E-state index in [1.807, 2.05) is 0 Å². The van der Waals surface area contributed by atoms with Gasteiger partial charge < -0.3 is 14.2 Å². The molecule has 0 aliphatic carbocycles. The summed E-state index contributed by atoms with van der Waals surface area (Å²) in [6, 6.07) is 86.5. The highest BCUT2D eigenvalue weighted by Gasteiger charge is 2.28. The smallest absolute Gasteiger partial charge is 0.143 e. The van der Waals surface area contributed by atoms with Crippen molar-refractivity contribution < 1.29 is 4.42 Å². The minimum Gasteiger partial charge on any atom is -0.455 e. The highest BCUT2D eigenvalue weighted by Crippen LogP contribution is 2.52. The lowest BCUT2D eigenvalue weighted by Crippen LogP contribution is -2.17. The van der Waals surface area contributed by atoms with Gasteiger partial charge in [-0.25, -0.2) is 0 Å². The molecule has 0 amide bonds. The molecule has 0 saturated carbocycles. The van der Waals surface area contributed by atoms with Crippen LogP contribution in [0.2, 0.25) is 0 Å². The predicted molar refractivity (Wildman–Crippen MR) is 257 cm³/mol. The molecule has 10 aromatic carbocycles. The van der Waals surface area contributed by atoms with Crippen molar-refractivity contribution in [2.75, 3.05) is 9.80 Å². The molecule has 0 saturated heterocycles. The van der Waals surface area contributed by atoms with Crippen LogP contribution in [0.1, 0.15) is 0 Å². The first kappa shape index (κ1) is 36.0. The maximum Gasteiger partial charge on any atom is 0.143 e. The molecule has 0 unspecified atom stereocenters. The number of hydrogen-bond acceptors (Lipinski definition) is 3. The standard InChI is InChI=1S/C58H40N2O/c1-5-16-41(17-6-1)44-28-33-49(34-29-44)59(48-24-11-4-12-25-48)54-38-39-55-56(53-37-32-46-22-13-14-27-52(46)58(53)61-55)57(54)60(50-35-30-45(31-36-50)42-18-7-2-8-19-42)51-26-15-23-47(40-51)43-20-9-3-10-21-43/h1-40H. The molecule has 3 heteroatoms. The van der Waals surface area contributed by atoms with Gasteiger partial charge in [0.15, 0.2) is 0 Å². The van der Waals surface area contributed by atoms with Crippen molar-refractivity contribution in [2.45, 2.75) is 0 Å². The summed E-state index contributed by atoms with van der Waals surface area (Å²) in [6.07, 6.45) is 0. The quantitative estimate of drug-likeness (QED) is 0.145. The topological polar surface area (TPSA) is 19.6 Å². The SMILES string of the molecule is c1ccc(-c2ccc(N(c3ccccc3)c3ccc4oc5c6ccccc6ccc5c4c3N(c3ccc(-c4ccccc4)cc3)c3cccc(-c4ccccc4)c3)cc2)cc1. The Kier molecular flexibility index (Phi) is 9.18. The van der Waals surface area contributed by atoms with Gasteiger partial charge in [-0.15, -0.1) is 0 Å². The largest absolute Gasteiger partial charge is 0.455 e. The average molecular weight is 781 g/mol. The highest BCUT2D eigenvalue weighted by molar-refractivity contribution is 6.22. The van der Waals surface area contributed by atoms with Crippen LogP contribution in [0, 0.1) is 0 Å². The van der Waals surface area contributed by atoms with Crippen LogP contribution in [-0.4, -0.2) is 0 Å². The number of anilines is 6. The molecule has 11 aromatic rings. The van der Waals surface area contributed by atoms with E-state index in [0.29, 0.717) is 0 Å². The normalized spacial score (nSPS) is 11.3. The first-order valence-electron chi connectivity index (χ1n) is 20.8. The molecule has 1 heterocycles. The van der Waals surface area contributed by atoms with Gasteiger partial charge >= 0.3 is 0 Å². The number of rotatable bonds is 9. The van der Waals surface area contributed by atoms with E-state index in [2.05, 4.69) is 252 Å². The second-order valence-electron chi connectivity index (χ2n) is 15.3. The molecule has 3 nitrogen and oxygen atoms in total. The van der Waals surface area contributed by atoms with Crippen LogP contribution >= 0.6 is 0 Å². The average Bonchev–Trinajstić information content (AvgIpc) is 3.74. The Balaban J connectivity index is 1.22. The van der Waals surface area contributed by atoms with Gasteiger partial charge in [-0.1, -0.05) is 176 Å². The van der Waals surface area contributed by atoms with Crippen LogP contribution in [0.25, 0.3) is 66.1 Å². The third kappa shape index (κ3) is 6.69. The zero-order chi connectivity index (χ0) is 40.5. The number of fused-ring (bicyclic) bond motifs is 5. The van der Waals surface area contributed by atoms with Gasteiger partial charge in [0, 0.05) is 33.5 Å². The maximum absolute atomic E-state index is 6.96. The van der Waals surface area contributed by atoms with Crippen molar-refractivity contribution in [2.24, 2.45) is 0 Å². The summed E-state index contributed by atoms with van der Waals surface area (Å²) in [4.78, 5) is 4.81. The van der Waals surface area contributed by atoms with Crippen LogP contribution in [0.4, 0.5) is 34.1 Å². The summed E-state index contributed by atoms with van der Waals surface area (Å²) in [6.45, 7) is 0. The third-order valence-electron chi connectivity index (χ3n) is 11.6. The summed E-state index contributed by atoms with van der Waals surface area (Å²) >= 11 is 0. The Hall–Kier alpha value is -8.14. The number of nitrogens with zero attached hydrogens (tertiary/aromatic N) is 2. The molecular formula is C58H40N2O. The van der Waals surface area contributed by atoms with Crippen LogP contribution < -0.4 is 9.80 Å². The van der Waals surface area contributed by atoms with Crippen molar-refractivity contribution in [1.29, 1.82) is 0 Å². The second-order valence-corrected chi connectivity index (χ2v) is 15.3. The zero-order valence-corrected chi connectivity index (χ0v) is 33.4. The Morgan fingerprint density at radius 3 is 1.39 bits per heavy atom. The monoisotopic (exact) mass is 780 g/mol. The van der Waals surface area contributed by atoms with Gasteiger partial charge in [0.25, 0.3) is 0 Å². The number of para-hydroxylation sites is 1. The van der Waals surface area contributed by atoms with Gasteiger partial charge in [0.05, 0.1) is 16.8 Å². The van der Waals surface area contributed by atoms with Gasteiger partial charge in [-0.2, -0.15) is 0 Å². The van der Waals surface area contributed by atoms with Crippen LogP contribution in [0.5, 0.6) is 0 Å². The molecule has 0 atom stereocenters. The van der Waals surface area contributed by atoms with Crippen LogP contribution in [-0.2, 0) is 0 Å². The Bertz CT molecular complexity index is 3270. The zero-order valence-electron chi connectivity index (χ0n) is 33.4. The molecular weight excluding hydrogens is 741 g/mol. The summed E-state index contributed by atoms with van der Waals surface area (Å²) < 4.78 is 6.96. The Morgan fingerprint density at radius 2 is 0.770 bits per heavy atom. The summed E-state index contributed by atoms with van der Waals surface area (Å²) in [5.74, 6) is 0. The Labute approximate surface area is 355 Å². The van der Waals surface area contributed by atoms with Gasteiger partial charge in [0.1, 0.15) is 11.2 Å². The van der Waals surface area contributed by atoms with Crippen molar-refractivity contribution in [3.05, 3.63) is 243 Å². The van der Waals surface area contributed by atoms with E-state index in [-0.39, 0.29) is 0 Å². The van der Waals surface area contributed by atoms with Crippen LogP contribution in [0.15, 0.2) is 247 Å². The fourth-order valence-electron chi connectivity index (χ4n) is 8.71. The van der Waals surface area contributed by atoms with E-state index in [1.165, 1.54) is 16.7 Å². The molecule has 0 radical (unpaired) electrons.